The van der Waals surface area contributed by atoms with Gasteiger partial charge in [-0.15, -0.1) is 0 Å². The lowest BCUT2D eigenvalue weighted by Crippen LogP contribution is -2.44. The highest BCUT2D eigenvalue weighted by Gasteiger charge is 2.22. The first kappa shape index (κ1) is 13.5. The van der Waals surface area contributed by atoms with Crippen LogP contribution in [0.5, 0.6) is 0 Å². The van der Waals surface area contributed by atoms with Gasteiger partial charge < -0.3 is 10.6 Å². The maximum atomic E-state index is 11.8. The first-order valence-electron chi connectivity index (χ1n) is 6.77. The second-order valence-electron chi connectivity index (χ2n) is 4.91. The van der Waals surface area contributed by atoms with E-state index in [9.17, 15) is 4.79 Å². The van der Waals surface area contributed by atoms with E-state index >= 15 is 0 Å². The van der Waals surface area contributed by atoms with Crippen molar-refractivity contribution in [2.75, 3.05) is 6.54 Å². The van der Waals surface area contributed by atoms with E-state index in [2.05, 4.69) is 24.5 Å². The Balaban J connectivity index is 2.08. The van der Waals surface area contributed by atoms with Gasteiger partial charge in [-0.2, -0.15) is 0 Å². The first-order chi connectivity index (χ1) is 7.74. The largest absolute Gasteiger partial charge is 0.352 e. The Morgan fingerprint density at radius 3 is 2.88 bits per heavy atom. The second kappa shape index (κ2) is 7.66. The van der Waals surface area contributed by atoms with E-state index < -0.39 is 0 Å². The summed E-state index contributed by atoms with van der Waals surface area (Å²) in [6.45, 7) is 5.32. The Morgan fingerprint density at radius 2 is 2.25 bits per heavy atom. The first-order valence-corrected chi connectivity index (χ1v) is 6.77. The molecule has 0 saturated carbocycles. The Hall–Kier alpha value is -0.570. The molecule has 2 atom stereocenters. The van der Waals surface area contributed by atoms with Crippen LogP contribution < -0.4 is 10.6 Å². The maximum Gasteiger partial charge on any atom is 0.237 e. The van der Waals surface area contributed by atoms with Crippen molar-refractivity contribution in [2.45, 2.75) is 70.9 Å². The van der Waals surface area contributed by atoms with Gasteiger partial charge in [-0.1, -0.05) is 32.6 Å². The van der Waals surface area contributed by atoms with E-state index in [0.29, 0.717) is 6.04 Å². The average molecular weight is 226 g/mol. The summed E-state index contributed by atoms with van der Waals surface area (Å²) in [7, 11) is 0. The van der Waals surface area contributed by atoms with Crippen molar-refractivity contribution in [3.8, 4) is 0 Å². The minimum atomic E-state index is 0.0677. The molecule has 1 aliphatic rings. The van der Waals surface area contributed by atoms with Crippen LogP contribution in [0.4, 0.5) is 0 Å². The number of carbonyl (C=O) groups is 1. The molecule has 1 fully saturated rings. The smallest absolute Gasteiger partial charge is 0.237 e. The van der Waals surface area contributed by atoms with Crippen LogP contribution in [0.15, 0.2) is 0 Å². The number of rotatable bonds is 7. The lowest BCUT2D eigenvalue weighted by atomic mass is 10.1. The molecule has 0 aliphatic carbocycles. The number of unbranched alkanes of at least 4 members (excludes halogenated alkanes) is 3. The standard InChI is InChI=1S/C13H26N2O/c1-3-4-5-6-8-11(2)15-13(16)12-9-7-10-14-12/h11-12,14H,3-10H2,1-2H3,(H,15,16). The molecule has 1 amide bonds. The van der Waals surface area contributed by atoms with Crippen LogP contribution in [0.2, 0.25) is 0 Å². The summed E-state index contributed by atoms with van der Waals surface area (Å²) >= 11 is 0. The van der Waals surface area contributed by atoms with E-state index in [0.717, 1.165) is 25.8 Å². The van der Waals surface area contributed by atoms with Crippen LogP contribution >= 0.6 is 0 Å². The molecule has 1 saturated heterocycles. The molecule has 3 heteroatoms. The Bertz CT molecular complexity index is 200. The van der Waals surface area contributed by atoms with Crippen LogP contribution in [0, 0.1) is 0 Å². The molecule has 0 aromatic carbocycles. The van der Waals surface area contributed by atoms with Gasteiger partial charge in [-0.25, -0.2) is 0 Å². The van der Waals surface area contributed by atoms with E-state index in [1.165, 1.54) is 25.7 Å². The Kier molecular flexibility index (Phi) is 6.46. The second-order valence-corrected chi connectivity index (χ2v) is 4.91. The molecule has 3 nitrogen and oxygen atoms in total. The highest BCUT2D eigenvalue weighted by Crippen LogP contribution is 2.08. The molecule has 94 valence electrons. The summed E-state index contributed by atoms with van der Waals surface area (Å²) in [6, 6.07) is 0.393. The maximum absolute atomic E-state index is 11.8. The third-order valence-corrected chi connectivity index (χ3v) is 3.26. The summed E-state index contributed by atoms with van der Waals surface area (Å²) in [6.07, 6.45) is 8.33. The van der Waals surface area contributed by atoms with Crippen molar-refractivity contribution in [2.24, 2.45) is 0 Å². The van der Waals surface area contributed by atoms with E-state index in [1.54, 1.807) is 0 Å². The van der Waals surface area contributed by atoms with Crippen LogP contribution in [0.25, 0.3) is 0 Å². The Labute approximate surface area is 99.4 Å². The van der Waals surface area contributed by atoms with Gasteiger partial charge in [0.1, 0.15) is 0 Å². The van der Waals surface area contributed by atoms with Crippen molar-refractivity contribution in [3.05, 3.63) is 0 Å². The van der Waals surface area contributed by atoms with Gasteiger partial charge in [-0.05, 0) is 32.7 Å². The predicted molar refractivity (Wildman–Crippen MR) is 67.4 cm³/mol. The van der Waals surface area contributed by atoms with E-state index in [-0.39, 0.29) is 11.9 Å². The lowest BCUT2D eigenvalue weighted by molar-refractivity contribution is -0.123. The molecule has 0 spiro atoms. The van der Waals surface area contributed by atoms with Crippen molar-refractivity contribution in [1.82, 2.24) is 10.6 Å². The number of nitrogens with one attached hydrogen (secondary N) is 2. The SMILES string of the molecule is CCCCCCC(C)NC(=O)C1CCCN1. The molecule has 1 aliphatic heterocycles. The van der Waals surface area contributed by atoms with Gasteiger partial charge in [0.2, 0.25) is 5.91 Å². The van der Waals surface area contributed by atoms with Crippen molar-refractivity contribution < 1.29 is 4.79 Å². The molecule has 1 heterocycles. The van der Waals surface area contributed by atoms with Crippen LogP contribution in [-0.4, -0.2) is 24.5 Å². The van der Waals surface area contributed by atoms with Crippen molar-refractivity contribution in [3.63, 3.8) is 0 Å². The zero-order chi connectivity index (χ0) is 11.8. The molecular formula is C13H26N2O. The summed E-state index contributed by atoms with van der Waals surface area (Å²) < 4.78 is 0. The normalized spacial score (nSPS) is 22.0. The molecule has 2 unspecified atom stereocenters. The van der Waals surface area contributed by atoms with Crippen molar-refractivity contribution in [1.29, 1.82) is 0 Å². The highest BCUT2D eigenvalue weighted by molar-refractivity contribution is 5.82. The fourth-order valence-electron chi connectivity index (χ4n) is 2.20. The van der Waals surface area contributed by atoms with Gasteiger partial charge in [0.25, 0.3) is 0 Å². The Morgan fingerprint density at radius 1 is 1.44 bits per heavy atom. The van der Waals surface area contributed by atoms with Gasteiger partial charge in [0, 0.05) is 6.04 Å². The molecule has 16 heavy (non-hydrogen) atoms. The molecular weight excluding hydrogens is 200 g/mol. The fraction of sp³-hybridized carbons (Fsp3) is 0.923. The van der Waals surface area contributed by atoms with Gasteiger partial charge in [0.05, 0.1) is 6.04 Å². The van der Waals surface area contributed by atoms with Crippen molar-refractivity contribution >= 4 is 5.91 Å². The van der Waals surface area contributed by atoms with Gasteiger partial charge in [0.15, 0.2) is 0 Å². The predicted octanol–water partition coefficient (Wildman–Crippen LogP) is 2.21. The number of hydrogen-bond acceptors (Lipinski definition) is 2. The number of hydrogen-bond donors (Lipinski definition) is 2. The summed E-state index contributed by atoms with van der Waals surface area (Å²) in [5.41, 5.74) is 0. The lowest BCUT2D eigenvalue weighted by Gasteiger charge is -2.17. The fourth-order valence-corrected chi connectivity index (χ4v) is 2.20. The zero-order valence-corrected chi connectivity index (χ0v) is 10.7. The topological polar surface area (TPSA) is 41.1 Å². The van der Waals surface area contributed by atoms with Gasteiger partial charge >= 0.3 is 0 Å². The van der Waals surface area contributed by atoms with Crippen LogP contribution in [0.1, 0.15) is 58.8 Å². The number of carbonyl (C=O) groups excluding carboxylic acids is 1. The zero-order valence-electron chi connectivity index (χ0n) is 10.7. The van der Waals surface area contributed by atoms with E-state index in [1.807, 2.05) is 0 Å². The molecule has 0 radical (unpaired) electrons. The summed E-state index contributed by atoms with van der Waals surface area (Å²) in [5, 5.41) is 6.32. The quantitative estimate of drug-likeness (QED) is 0.654. The minimum Gasteiger partial charge on any atom is -0.352 e. The average Bonchev–Trinajstić information content (AvgIpc) is 2.77. The van der Waals surface area contributed by atoms with E-state index in [4.69, 9.17) is 0 Å². The molecule has 2 N–H and O–H groups in total. The molecule has 1 rings (SSSR count). The number of amides is 1. The molecule has 0 bridgehead atoms. The van der Waals surface area contributed by atoms with Gasteiger partial charge in [-0.3, -0.25) is 4.79 Å². The third kappa shape index (κ3) is 4.97. The third-order valence-electron chi connectivity index (χ3n) is 3.26. The molecule has 0 aromatic rings. The summed E-state index contributed by atoms with van der Waals surface area (Å²) in [5.74, 6) is 0.195. The monoisotopic (exact) mass is 226 g/mol. The van der Waals surface area contributed by atoms with Crippen LogP contribution in [-0.2, 0) is 4.79 Å². The molecule has 0 aromatic heterocycles. The minimum absolute atomic E-state index is 0.0677. The highest BCUT2D eigenvalue weighted by atomic mass is 16.2. The van der Waals surface area contributed by atoms with Crippen LogP contribution in [0.3, 0.4) is 0 Å². The summed E-state index contributed by atoms with van der Waals surface area (Å²) in [4.78, 5) is 11.8.